The van der Waals surface area contributed by atoms with Gasteiger partial charge in [0.05, 0.1) is 0 Å². The van der Waals surface area contributed by atoms with Gasteiger partial charge in [0.25, 0.3) is 0 Å². The Morgan fingerprint density at radius 1 is 1.31 bits per heavy atom. The van der Waals surface area contributed by atoms with Gasteiger partial charge in [-0.1, -0.05) is 50.1 Å². The molecule has 0 saturated heterocycles. The van der Waals surface area contributed by atoms with Crippen LogP contribution in [0.5, 0.6) is 0 Å². The zero-order valence-corrected chi connectivity index (χ0v) is 9.14. The number of benzene rings is 1. The molecule has 1 aromatic carbocycles. The van der Waals surface area contributed by atoms with E-state index in [2.05, 4.69) is 26.0 Å². The summed E-state index contributed by atoms with van der Waals surface area (Å²) in [4.78, 5) is 0. The Labute approximate surface area is 85.9 Å². The largest absolute Gasteiger partial charge is 0.0840 e. The maximum Gasteiger partial charge on any atom is 0.0437 e. The summed E-state index contributed by atoms with van der Waals surface area (Å²) in [5.41, 5.74) is 1.28. The lowest BCUT2D eigenvalue weighted by atomic mass is 9.99. The Hall–Kier alpha value is -0.490. The van der Waals surface area contributed by atoms with Crippen LogP contribution in [-0.2, 0) is 6.42 Å². The lowest BCUT2D eigenvalue weighted by Gasteiger charge is -2.08. The van der Waals surface area contributed by atoms with Crippen LogP contribution in [0.4, 0.5) is 0 Å². The van der Waals surface area contributed by atoms with Crippen LogP contribution < -0.4 is 0 Å². The van der Waals surface area contributed by atoms with E-state index in [9.17, 15) is 0 Å². The van der Waals surface area contributed by atoms with E-state index in [-0.39, 0.29) is 0 Å². The quantitative estimate of drug-likeness (QED) is 0.673. The highest BCUT2D eigenvalue weighted by atomic mass is 35.5. The van der Waals surface area contributed by atoms with Crippen LogP contribution in [0.2, 0.25) is 5.02 Å². The van der Waals surface area contributed by atoms with Crippen molar-refractivity contribution in [1.29, 1.82) is 0 Å². The molecule has 0 saturated carbocycles. The highest BCUT2D eigenvalue weighted by molar-refractivity contribution is 6.31. The molecule has 0 aliphatic rings. The Morgan fingerprint density at radius 3 is 2.62 bits per heavy atom. The maximum absolute atomic E-state index is 6.05. The maximum atomic E-state index is 6.05. The Bertz CT molecular complexity index is 255. The van der Waals surface area contributed by atoms with Crippen molar-refractivity contribution in [3.63, 3.8) is 0 Å². The van der Waals surface area contributed by atoms with Crippen molar-refractivity contribution in [2.75, 3.05) is 0 Å². The van der Waals surface area contributed by atoms with E-state index in [0.717, 1.165) is 17.4 Å². The molecule has 0 amide bonds. The van der Waals surface area contributed by atoms with E-state index in [1.54, 1.807) is 0 Å². The average molecular weight is 197 g/mol. The molecule has 0 aliphatic heterocycles. The normalized spacial score (nSPS) is 12.8. The van der Waals surface area contributed by atoms with Gasteiger partial charge in [-0.05, 0) is 30.4 Å². The van der Waals surface area contributed by atoms with Crippen molar-refractivity contribution in [1.82, 2.24) is 0 Å². The van der Waals surface area contributed by atoms with Crippen LogP contribution in [0, 0.1) is 5.92 Å². The minimum atomic E-state index is 0.802. The van der Waals surface area contributed by atoms with Crippen molar-refractivity contribution in [2.45, 2.75) is 33.1 Å². The second-order valence-electron chi connectivity index (χ2n) is 3.64. The van der Waals surface area contributed by atoms with E-state index in [0.29, 0.717) is 0 Å². The highest BCUT2D eigenvalue weighted by Crippen LogP contribution is 2.19. The number of halogens is 1. The molecule has 0 radical (unpaired) electrons. The van der Waals surface area contributed by atoms with Gasteiger partial charge in [-0.2, -0.15) is 0 Å². The number of aryl methyl sites for hydroxylation is 1. The van der Waals surface area contributed by atoms with E-state index >= 15 is 0 Å². The predicted octanol–water partition coefficient (Wildman–Crippen LogP) is 4.32. The summed E-state index contributed by atoms with van der Waals surface area (Å²) in [6.45, 7) is 4.52. The first-order valence-corrected chi connectivity index (χ1v) is 5.35. The van der Waals surface area contributed by atoms with Crippen LogP contribution >= 0.6 is 11.6 Å². The third-order valence-corrected chi connectivity index (χ3v) is 2.93. The molecule has 0 nitrogen and oxygen atoms in total. The second-order valence-corrected chi connectivity index (χ2v) is 4.05. The van der Waals surface area contributed by atoms with Gasteiger partial charge in [0.2, 0.25) is 0 Å². The van der Waals surface area contributed by atoms with E-state index in [1.165, 1.54) is 18.4 Å². The zero-order valence-electron chi connectivity index (χ0n) is 8.39. The fraction of sp³-hybridized carbons (Fsp3) is 0.500. The van der Waals surface area contributed by atoms with E-state index in [1.807, 2.05) is 12.1 Å². The van der Waals surface area contributed by atoms with Crippen molar-refractivity contribution >= 4 is 11.6 Å². The molecule has 1 heteroatoms. The predicted molar refractivity (Wildman–Crippen MR) is 59.2 cm³/mol. The summed E-state index contributed by atoms with van der Waals surface area (Å²) in [6, 6.07) is 8.12. The third-order valence-electron chi connectivity index (χ3n) is 2.56. The molecule has 0 N–H and O–H groups in total. The summed E-state index contributed by atoms with van der Waals surface area (Å²) in [6.07, 6.45) is 3.60. The molecule has 1 atom stereocenters. The topological polar surface area (TPSA) is 0 Å². The monoisotopic (exact) mass is 196 g/mol. The van der Waals surface area contributed by atoms with Crippen molar-refractivity contribution in [3.05, 3.63) is 34.9 Å². The van der Waals surface area contributed by atoms with Gasteiger partial charge in [-0.25, -0.2) is 0 Å². The summed E-state index contributed by atoms with van der Waals surface area (Å²) in [5.74, 6) is 0.802. The van der Waals surface area contributed by atoms with Crippen molar-refractivity contribution < 1.29 is 0 Å². The second kappa shape index (κ2) is 5.29. The molecule has 13 heavy (non-hydrogen) atoms. The number of hydrogen-bond donors (Lipinski definition) is 0. The molecule has 1 aromatic rings. The van der Waals surface area contributed by atoms with E-state index in [4.69, 9.17) is 11.6 Å². The Balaban J connectivity index is 2.50. The zero-order chi connectivity index (χ0) is 9.68. The fourth-order valence-electron chi connectivity index (χ4n) is 1.31. The Morgan fingerprint density at radius 2 is 2.00 bits per heavy atom. The molecule has 1 unspecified atom stereocenters. The first-order valence-electron chi connectivity index (χ1n) is 4.97. The molecular formula is C12H17Cl. The van der Waals surface area contributed by atoms with Gasteiger partial charge >= 0.3 is 0 Å². The first kappa shape index (κ1) is 10.6. The lowest BCUT2D eigenvalue weighted by molar-refractivity contribution is 0.516. The minimum Gasteiger partial charge on any atom is -0.0840 e. The smallest absolute Gasteiger partial charge is 0.0437 e. The van der Waals surface area contributed by atoms with Gasteiger partial charge in [-0.15, -0.1) is 0 Å². The Kier molecular flexibility index (Phi) is 4.31. The molecule has 0 fully saturated rings. The van der Waals surface area contributed by atoms with Gasteiger partial charge in [0.1, 0.15) is 0 Å². The standard InChI is InChI=1S/C12H17Cl/c1-3-10(2)8-9-11-6-4-5-7-12(11)13/h4-7,10H,3,8-9H2,1-2H3. The van der Waals surface area contributed by atoms with Crippen molar-refractivity contribution in [3.8, 4) is 0 Å². The van der Waals surface area contributed by atoms with Gasteiger partial charge in [0, 0.05) is 5.02 Å². The van der Waals surface area contributed by atoms with Crippen LogP contribution in [0.15, 0.2) is 24.3 Å². The molecule has 0 aliphatic carbocycles. The molecule has 0 bridgehead atoms. The first-order chi connectivity index (χ1) is 6.24. The molecule has 0 aromatic heterocycles. The van der Waals surface area contributed by atoms with Crippen LogP contribution in [0.1, 0.15) is 32.3 Å². The average Bonchev–Trinajstić information content (AvgIpc) is 2.16. The van der Waals surface area contributed by atoms with Gasteiger partial charge in [0.15, 0.2) is 0 Å². The van der Waals surface area contributed by atoms with Crippen LogP contribution in [0.3, 0.4) is 0 Å². The SMILES string of the molecule is CCC(C)CCc1ccccc1Cl. The summed E-state index contributed by atoms with van der Waals surface area (Å²) < 4.78 is 0. The highest BCUT2D eigenvalue weighted by Gasteiger charge is 2.02. The third kappa shape index (κ3) is 3.40. The number of rotatable bonds is 4. The summed E-state index contributed by atoms with van der Waals surface area (Å²) in [7, 11) is 0. The molecule has 72 valence electrons. The van der Waals surface area contributed by atoms with Gasteiger partial charge in [-0.3, -0.25) is 0 Å². The van der Waals surface area contributed by atoms with Crippen molar-refractivity contribution in [2.24, 2.45) is 5.92 Å². The summed E-state index contributed by atoms with van der Waals surface area (Å²) >= 11 is 6.05. The fourth-order valence-corrected chi connectivity index (χ4v) is 1.54. The van der Waals surface area contributed by atoms with E-state index < -0.39 is 0 Å². The number of hydrogen-bond acceptors (Lipinski definition) is 0. The summed E-state index contributed by atoms with van der Waals surface area (Å²) in [5, 5.41) is 0.908. The molecule has 0 spiro atoms. The molecule has 0 heterocycles. The van der Waals surface area contributed by atoms with Crippen LogP contribution in [-0.4, -0.2) is 0 Å². The molecule has 1 rings (SSSR count). The van der Waals surface area contributed by atoms with Crippen LogP contribution in [0.25, 0.3) is 0 Å². The molecular weight excluding hydrogens is 180 g/mol. The minimum absolute atomic E-state index is 0.802. The lowest BCUT2D eigenvalue weighted by Crippen LogP contribution is -1.95. The van der Waals surface area contributed by atoms with Gasteiger partial charge < -0.3 is 0 Å².